The maximum Gasteiger partial charge on any atom is 0.0742 e. The quantitative estimate of drug-likeness (QED) is 0.174. The first kappa shape index (κ1) is 28.6. The largest absolute Gasteiger partial charge is 0.310 e. The topological polar surface area (TPSA) is 3.24 Å². The van der Waals surface area contributed by atoms with Crippen LogP contribution in [0.5, 0.6) is 0 Å². The Hall–Kier alpha value is -4.66. The predicted octanol–water partition coefficient (Wildman–Crippen LogP) is 10.1. The average Bonchev–Trinajstić information content (AvgIpc) is 3.15. The fourth-order valence-corrected chi connectivity index (χ4v) is 14.1. The molecular formula is C43H30NPS2. The van der Waals surface area contributed by atoms with Crippen molar-refractivity contribution in [2.24, 2.45) is 0 Å². The Bertz CT molecular complexity index is 2230. The first-order valence-corrected chi connectivity index (χ1v) is 19.5. The molecule has 0 radical (unpaired) electrons. The second-order valence-corrected chi connectivity index (χ2v) is 17.4. The van der Waals surface area contributed by atoms with Gasteiger partial charge in [0, 0.05) is 32.1 Å². The molecule has 2 heterocycles. The van der Waals surface area contributed by atoms with Crippen molar-refractivity contribution < 1.29 is 0 Å². The predicted molar refractivity (Wildman–Crippen MR) is 203 cm³/mol. The van der Waals surface area contributed by atoms with E-state index < -0.39 is 11.5 Å². The minimum atomic E-state index is -2.24. The fraction of sp³-hybridized carbons (Fsp3) is 0.0233. The van der Waals surface area contributed by atoms with Crippen molar-refractivity contribution in [1.82, 2.24) is 0 Å². The van der Waals surface area contributed by atoms with Crippen molar-refractivity contribution in [3.63, 3.8) is 0 Å². The number of fused-ring (bicyclic) bond motifs is 4. The van der Waals surface area contributed by atoms with Gasteiger partial charge in [0.25, 0.3) is 0 Å². The zero-order chi connectivity index (χ0) is 31.4. The summed E-state index contributed by atoms with van der Waals surface area (Å²) in [4.78, 5) is 4.96. The number of anilines is 3. The van der Waals surface area contributed by atoms with Gasteiger partial charge in [0.05, 0.1) is 16.8 Å². The summed E-state index contributed by atoms with van der Waals surface area (Å²) in [5.74, 6) is 0. The third-order valence-electron chi connectivity index (χ3n) is 9.60. The molecule has 1 atom stereocenters. The Kier molecular flexibility index (Phi) is 6.83. The highest BCUT2D eigenvalue weighted by Crippen LogP contribution is 2.59. The third-order valence-corrected chi connectivity index (χ3v) is 16.0. The Morgan fingerprint density at radius 1 is 0.468 bits per heavy atom. The van der Waals surface area contributed by atoms with Crippen LogP contribution in [-0.2, 0) is 17.2 Å². The van der Waals surface area contributed by atoms with Gasteiger partial charge in [0.1, 0.15) is 0 Å². The summed E-state index contributed by atoms with van der Waals surface area (Å²) < 4.78 is 0. The Morgan fingerprint density at radius 2 is 0.957 bits per heavy atom. The first-order chi connectivity index (χ1) is 23.2. The van der Waals surface area contributed by atoms with Gasteiger partial charge in [-0.25, -0.2) is 0 Å². The van der Waals surface area contributed by atoms with Crippen LogP contribution in [0.2, 0.25) is 0 Å². The van der Waals surface area contributed by atoms with E-state index in [9.17, 15) is 0 Å². The van der Waals surface area contributed by atoms with Gasteiger partial charge in [-0.3, -0.25) is 0 Å². The second-order valence-electron chi connectivity index (χ2n) is 12.0. The Morgan fingerprint density at radius 3 is 1.57 bits per heavy atom. The monoisotopic (exact) mass is 655 g/mol. The molecule has 2 aliphatic rings. The molecule has 0 amide bonds. The summed E-state index contributed by atoms with van der Waals surface area (Å²) in [7, 11) is 0. The number of para-hydroxylation sites is 2. The molecule has 0 aromatic heterocycles. The zero-order valence-electron chi connectivity index (χ0n) is 25.5. The summed E-state index contributed by atoms with van der Waals surface area (Å²) in [6.45, 7) is 0. The molecule has 0 aliphatic carbocycles. The normalized spacial score (nSPS) is 17.1. The van der Waals surface area contributed by atoms with E-state index in [0.29, 0.717) is 0 Å². The molecule has 1 nitrogen and oxygen atoms in total. The highest BCUT2D eigenvalue weighted by Gasteiger charge is 2.46. The molecule has 0 N–H and O–H groups in total. The van der Waals surface area contributed by atoms with E-state index in [1.54, 1.807) is 0 Å². The lowest BCUT2D eigenvalue weighted by molar-refractivity contribution is 0.731. The first-order valence-electron chi connectivity index (χ1n) is 15.9. The van der Waals surface area contributed by atoms with Crippen molar-refractivity contribution >= 4 is 62.6 Å². The zero-order valence-corrected chi connectivity index (χ0v) is 28.1. The molecule has 224 valence electrons. The number of hydrogen-bond acceptors (Lipinski definition) is 3. The van der Waals surface area contributed by atoms with Crippen molar-refractivity contribution in [2.75, 3.05) is 4.90 Å². The number of hydrogen-bond donors (Lipinski definition) is 0. The van der Waals surface area contributed by atoms with Gasteiger partial charge in [0.15, 0.2) is 0 Å². The van der Waals surface area contributed by atoms with Crippen LogP contribution in [0, 0.1) is 0 Å². The van der Waals surface area contributed by atoms with Gasteiger partial charge in [-0.05, 0) is 64.0 Å². The SMILES string of the molecule is S=P1(c2ccccc2)c2ccccc2Sc2cc(N3c4ccccc4C(c4ccccc4)(c4ccccc4)c4ccccc43)ccc21. The van der Waals surface area contributed by atoms with Crippen molar-refractivity contribution in [3.8, 4) is 0 Å². The number of rotatable bonds is 4. The van der Waals surface area contributed by atoms with Gasteiger partial charge >= 0.3 is 0 Å². The molecule has 0 spiro atoms. The highest BCUT2D eigenvalue weighted by molar-refractivity contribution is 8.26. The number of nitrogens with zero attached hydrogens (tertiary/aromatic N) is 1. The Labute approximate surface area is 285 Å². The van der Waals surface area contributed by atoms with Crippen LogP contribution < -0.4 is 20.8 Å². The van der Waals surface area contributed by atoms with Crippen molar-refractivity contribution in [2.45, 2.75) is 15.2 Å². The Balaban J connectivity index is 1.30. The summed E-state index contributed by atoms with van der Waals surface area (Å²) in [5.41, 5.74) is 8.06. The van der Waals surface area contributed by atoms with Crippen LogP contribution in [0.25, 0.3) is 0 Å². The molecule has 9 rings (SSSR count). The van der Waals surface area contributed by atoms with Crippen molar-refractivity contribution in [1.29, 1.82) is 0 Å². The summed E-state index contributed by atoms with van der Waals surface area (Å²) in [5, 5.41) is 3.80. The van der Waals surface area contributed by atoms with Crippen LogP contribution in [-0.4, -0.2) is 0 Å². The smallest absolute Gasteiger partial charge is 0.0742 e. The summed E-state index contributed by atoms with van der Waals surface area (Å²) in [6.07, 6.45) is 0. The molecular weight excluding hydrogens is 626 g/mol. The lowest BCUT2D eigenvalue weighted by Crippen LogP contribution is -2.37. The van der Waals surface area contributed by atoms with E-state index >= 15 is 0 Å². The van der Waals surface area contributed by atoms with Crippen molar-refractivity contribution in [3.05, 3.63) is 204 Å². The van der Waals surface area contributed by atoms with Gasteiger partial charge in [-0.2, -0.15) is 0 Å². The van der Waals surface area contributed by atoms with E-state index in [1.807, 2.05) is 11.8 Å². The molecule has 0 saturated heterocycles. The van der Waals surface area contributed by atoms with Crippen LogP contribution in [0.3, 0.4) is 0 Å². The number of benzene rings is 7. The minimum absolute atomic E-state index is 0.483. The highest BCUT2D eigenvalue weighted by atomic mass is 32.4. The van der Waals surface area contributed by atoms with Gasteiger partial charge in [-0.15, -0.1) is 0 Å². The van der Waals surface area contributed by atoms with Gasteiger partial charge in [-0.1, -0.05) is 169 Å². The molecule has 0 saturated carbocycles. The van der Waals surface area contributed by atoms with E-state index in [2.05, 4.69) is 187 Å². The average molecular weight is 656 g/mol. The van der Waals surface area contributed by atoms with Gasteiger partial charge < -0.3 is 4.90 Å². The standard InChI is InChI=1S/C43H30NPS2/c46-45(34-20-8-3-9-21-34)39-26-14-15-27-41(39)47-42-30-33(28-29-40(42)45)44-37-24-12-10-22-35(37)43(31-16-4-1-5-17-31,32-18-6-2-7-19-32)36-23-11-13-25-38(36)44/h1-30H. The molecule has 2 aliphatic heterocycles. The molecule has 7 aromatic carbocycles. The summed E-state index contributed by atoms with van der Waals surface area (Å²) >= 11 is 8.63. The van der Waals surface area contributed by atoms with Gasteiger partial charge in [0.2, 0.25) is 0 Å². The van der Waals surface area contributed by atoms with Crippen LogP contribution in [0.1, 0.15) is 22.3 Å². The van der Waals surface area contributed by atoms with Crippen LogP contribution in [0.4, 0.5) is 17.1 Å². The van der Waals surface area contributed by atoms with Crippen LogP contribution >= 0.6 is 17.8 Å². The lowest BCUT2D eigenvalue weighted by Gasteiger charge is -2.46. The second kappa shape index (κ2) is 11.2. The molecule has 0 fully saturated rings. The summed E-state index contributed by atoms with van der Waals surface area (Å²) in [6, 6.07) is 64.1. The maximum atomic E-state index is 6.78. The van der Waals surface area contributed by atoms with E-state index in [4.69, 9.17) is 11.8 Å². The molecule has 47 heavy (non-hydrogen) atoms. The lowest BCUT2D eigenvalue weighted by atomic mass is 9.62. The van der Waals surface area contributed by atoms with Crippen LogP contribution in [0.15, 0.2) is 192 Å². The van der Waals surface area contributed by atoms with E-state index in [0.717, 1.165) is 5.69 Å². The third kappa shape index (κ3) is 4.21. The van der Waals surface area contributed by atoms with E-state index in [1.165, 1.54) is 59.3 Å². The molecule has 4 heteroatoms. The van der Waals surface area contributed by atoms with E-state index in [-0.39, 0.29) is 0 Å². The molecule has 1 unspecified atom stereocenters. The maximum absolute atomic E-state index is 6.78. The molecule has 7 aromatic rings. The minimum Gasteiger partial charge on any atom is -0.310 e. The molecule has 0 bridgehead atoms. The fourth-order valence-electron chi connectivity index (χ4n) is 7.64.